The molecule has 1 amide bonds. The maximum absolute atomic E-state index is 11.9. The van der Waals surface area contributed by atoms with Gasteiger partial charge in [-0.25, -0.2) is 8.42 Å². The lowest BCUT2D eigenvalue weighted by Gasteiger charge is -2.23. The molecule has 1 fully saturated rings. The van der Waals surface area contributed by atoms with E-state index in [1.54, 1.807) is 24.3 Å². The average Bonchev–Trinajstić information content (AvgIpc) is 2.41. The molecule has 2 rings (SSSR count). The Morgan fingerprint density at radius 1 is 1.21 bits per heavy atom. The molecule has 1 aliphatic rings. The third-order valence-electron chi connectivity index (χ3n) is 3.17. The van der Waals surface area contributed by atoms with Crippen molar-refractivity contribution in [1.82, 2.24) is 5.32 Å². The number of nitriles is 1. The number of hydrogen-bond acceptors (Lipinski definition) is 4. The van der Waals surface area contributed by atoms with Crippen LogP contribution in [0.3, 0.4) is 0 Å². The van der Waals surface area contributed by atoms with Gasteiger partial charge in [0.25, 0.3) is 5.91 Å². The van der Waals surface area contributed by atoms with Crippen LogP contribution in [0, 0.1) is 11.3 Å². The van der Waals surface area contributed by atoms with Crippen LogP contribution < -0.4 is 5.32 Å². The summed E-state index contributed by atoms with van der Waals surface area (Å²) in [6.07, 6.45) is 0.925. The first-order valence-corrected chi connectivity index (χ1v) is 7.84. The van der Waals surface area contributed by atoms with Gasteiger partial charge in [-0.1, -0.05) is 0 Å². The van der Waals surface area contributed by atoms with E-state index in [-0.39, 0.29) is 23.5 Å². The van der Waals surface area contributed by atoms with Crippen molar-refractivity contribution < 1.29 is 13.2 Å². The fourth-order valence-electron chi connectivity index (χ4n) is 2.00. The molecule has 0 spiro atoms. The van der Waals surface area contributed by atoms with E-state index < -0.39 is 9.84 Å². The lowest BCUT2D eigenvalue weighted by atomic mass is 10.1. The van der Waals surface area contributed by atoms with Gasteiger partial charge in [0.15, 0.2) is 0 Å². The van der Waals surface area contributed by atoms with Crippen molar-refractivity contribution in [3.63, 3.8) is 0 Å². The van der Waals surface area contributed by atoms with E-state index in [1.165, 1.54) is 0 Å². The molecule has 100 valence electrons. The first-order chi connectivity index (χ1) is 9.00. The third-order valence-corrected chi connectivity index (χ3v) is 4.88. The molecular weight excluding hydrogens is 264 g/mol. The van der Waals surface area contributed by atoms with Crippen LogP contribution >= 0.6 is 0 Å². The number of nitrogens with zero attached hydrogens (tertiary/aromatic N) is 1. The van der Waals surface area contributed by atoms with E-state index in [0.29, 0.717) is 24.0 Å². The monoisotopic (exact) mass is 278 g/mol. The minimum absolute atomic E-state index is 0.0910. The fraction of sp³-hybridized carbons (Fsp3) is 0.385. The number of sulfone groups is 1. The first kappa shape index (κ1) is 13.6. The molecule has 1 N–H and O–H groups in total. The Labute approximate surface area is 112 Å². The van der Waals surface area contributed by atoms with Gasteiger partial charge in [0.2, 0.25) is 0 Å². The average molecular weight is 278 g/mol. The molecule has 0 aromatic heterocycles. The van der Waals surface area contributed by atoms with Gasteiger partial charge in [-0.2, -0.15) is 5.26 Å². The summed E-state index contributed by atoms with van der Waals surface area (Å²) in [7, 11) is -2.91. The maximum Gasteiger partial charge on any atom is 0.251 e. The van der Waals surface area contributed by atoms with Gasteiger partial charge in [-0.15, -0.1) is 0 Å². The van der Waals surface area contributed by atoms with Crippen molar-refractivity contribution in [2.24, 2.45) is 0 Å². The minimum Gasteiger partial charge on any atom is -0.349 e. The highest BCUT2D eigenvalue weighted by Gasteiger charge is 2.24. The van der Waals surface area contributed by atoms with E-state index in [0.717, 1.165) is 0 Å². The molecule has 1 saturated heterocycles. The van der Waals surface area contributed by atoms with Crippen molar-refractivity contribution in [1.29, 1.82) is 5.26 Å². The van der Waals surface area contributed by atoms with E-state index >= 15 is 0 Å². The zero-order valence-corrected chi connectivity index (χ0v) is 11.1. The van der Waals surface area contributed by atoms with Crippen LogP contribution in [0.15, 0.2) is 24.3 Å². The summed E-state index contributed by atoms with van der Waals surface area (Å²) in [5.41, 5.74) is 0.979. The molecule has 1 heterocycles. The minimum atomic E-state index is -2.91. The predicted octanol–water partition coefficient (Wildman–Crippen LogP) is 0.865. The number of nitrogens with one attached hydrogen (secondary N) is 1. The highest BCUT2D eigenvalue weighted by atomic mass is 32.2. The molecule has 0 unspecified atom stereocenters. The van der Waals surface area contributed by atoms with Crippen LogP contribution in [0.5, 0.6) is 0 Å². The number of rotatable bonds is 2. The number of carbonyl (C=O) groups excluding carboxylic acids is 1. The Morgan fingerprint density at radius 2 is 1.79 bits per heavy atom. The second-order valence-corrected chi connectivity index (χ2v) is 6.89. The van der Waals surface area contributed by atoms with Gasteiger partial charge >= 0.3 is 0 Å². The largest absolute Gasteiger partial charge is 0.349 e. The molecule has 6 heteroatoms. The number of amides is 1. The molecule has 1 aliphatic heterocycles. The summed E-state index contributed by atoms with van der Waals surface area (Å²) in [5.74, 6) is 0.0326. The van der Waals surface area contributed by atoms with Crippen molar-refractivity contribution in [2.75, 3.05) is 11.5 Å². The van der Waals surface area contributed by atoms with E-state index in [1.807, 2.05) is 6.07 Å². The summed E-state index contributed by atoms with van der Waals surface area (Å²) in [6.45, 7) is 0. The smallest absolute Gasteiger partial charge is 0.251 e. The van der Waals surface area contributed by atoms with Gasteiger partial charge in [0.1, 0.15) is 9.84 Å². The molecule has 0 saturated carbocycles. The highest BCUT2D eigenvalue weighted by Crippen LogP contribution is 2.13. The van der Waals surface area contributed by atoms with Crippen LogP contribution in [0.2, 0.25) is 0 Å². The number of carbonyl (C=O) groups is 1. The summed E-state index contributed by atoms with van der Waals surface area (Å²) in [5, 5.41) is 11.5. The van der Waals surface area contributed by atoms with Gasteiger partial charge in [-0.05, 0) is 37.1 Å². The van der Waals surface area contributed by atoms with Crippen molar-refractivity contribution in [3.05, 3.63) is 35.4 Å². The van der Waals surface area contributed by atoms with Crippen LogP contribution in [0.25, 0.3) is 0 Å². The van der Waals surface area contributed by atoms with Crippen LogP contribution in [0.4, 0.5) is 0 Å². The van der Waals surface area contributed by atoms with Crippen LogP contribution in [-0.2, 0) is 9.84 Å². The summed E-state index contributed by atoms with van der Waals surface area (Å²) in [6, 6.07) is 8.24. The van der Waals surface area contributed by atoms with Gasteiger partial charge in [0, 0.05) is 11.6 Å². The lowest BCUT2D eigenvalue weighted by molar-refractivity contribution is 0.0934. The SMILES string of the molecule is N#Cc1ccc(C(=O)NC2CCS(=O)(=O)CC2)cc1. The zero-order chi connectivity index (χ0) is 13.9. The Kier molecular flexibility index (Phi) is 3.86. The molecule has 0 aliphatic carbocycles. The highest BCUT2D eigenvalue weighted by molar-refractivity contribution is 7.91. The number of benzene rings is 1. The lowest BCUT2D eigenvalue weighted by Crippen LogP contribution is -2.40. The molecule has 0 radical (unpaired) electrons. The Hall–Kier alpha value is -1.87. The quantitative estimate of drug-likeness (QED) is 0.869. The molecule has 19 heavy (non-hydrogen) atoms. The predicted molar refractivity (Wildman–Crippen MR) is 70.3 cm³/mol. The third kappa shape index (κ3) is 3.55. The second-order valence-electron chi connectivity index (χ2n) is 4.59. The Bertz CT molecular complexity index is 600. The molecule has 1 aromatic rings. The van der Waals surface area contributed by atoms with Gasteiger partial charge in [0.05, 0.1) is 23.1 Å². The molecule has 0 bridgehead atoms. The van der Waals surface area contributed by atoms with E-state index in [2.05, 4.69) is 5.32 Å². The normalized spacial score (nSPS) is 18.5. The van der Waals surface area contributed by atoms with Gasteiger partial charge in [-0.3, -0.25) is 4.79 Å². The van der Waals surface area contributed by atoms with Gasteiger partial charge < -0.3 is 5.32 Å². The van der Waals surface area contributed by atoms with Crippen molar-refractivity contribution in [2.45, 2.75) is 18.9 Å². The van der Waals surface area contributed by atoms with Crippen LogP contribution in [-0.4, -0.2) is 31.9 Å². The van der Waals surface area contributed by atoms with Crippen molar-refractivity contribution >= 4 is 15.7 Å². The molecule has 5 nitrogen and oxygen atoms in total. The fourth-order valence-corrected chi connectivity index (χ4v) is 3.49. The number of hydrogen-bond donors (Lipinski definition) is 1. The summed E-state index contributed by atoms with van der Waals surface area (Å²) >= 11 is 0. The van der Waals surface area contributed by atoms with E-state index in [9.17, 15) is 13.2 Å². The molecule has 0 atom stereocenters. The summed E-state index contributed by atoms with van der Waals surface area (Å²) in [4.78, 5) is 11.9. The maximum atomic E-state index is 11.9. The Morgan fingerprint density at radius 3 is 2.32 bits per heavy atom. The zero-order valence-electron chi connectivity index (χ0n) is 10.3. The standard InChI is InChI=1S/C13H14N2O3S/c14-9-10-1-3-11(4-2-10)13(16)15-12-5-7-19(17,18)8-6-12/h1-4,12H,5-8H2,(H,15,16). The van der Waals surface area contributed by atoms with E-state index in [4.69, 9.17) is 5.26 Å². The van der Waals surface area contributed by atoms with Crippen LogP contribution in [0.1, 0.15) is 28.8 Å². The Balaban J connectivity index is 1.96. The molecule has 1 aromatic carbocycles. The van der Waals surface area contributed by atoms with Crippen molar-refractivity contribution in [3.8, 4) is 6.07 Å². The molecular formula is C13H14N2O3S. The summed E-state index contributed by atoms with van der Waals surface area (Å²) < 4.78 is 22.6. The first-order valence-electron chi connectivity index (χ1n) is 6.01. The topological polar surface area (TPSA) is 87.0 Å². The second kappa shape index (κ2) is 5.41.